The Morgan fingerprint density at radius 1 is 1.39 bits per heavy atom. The number of aromatic nitrogens is 1. The van der Waals surface area contributed by atoms with Gasteiger partial charge in [-0.05, 0) is 34.1 Å². The zero-order valence-corrected chi connectivity index (χ0v) is 10.7. The van der Waals surface area contributed by atoms with Crippen molar-refractivity contribution in [2.75, 3.05) is 5.73 Å². The summed E-state index contributed by atoms with van der Waals surface area (Å²) in [5, 5.41) is 8.94. The van der Waals surface area contributed by atoms with Gasteiger partial charge >= 0.3 is 5.97 Å². The van der Waals surface area contributed by atoms with Crippen molar-refractivity contribution in [3.05, 3.63) is 46.7 Å². The fraction of sp³-hybridized carbons (Fsp3) is 0. The third-order valence-electron chi connectivity index (χ3n) is 2.20. The molecule has 0 unspecified atom stereocenters. The first kappa shape index (κ1) is 12.4. The van der Waals surface area contributed by atoms with Gasteiger partial charge in [0, 0.05) is 10.7 Å². The molecule has 2 aromatic rings. The molecule has 0 aliphatic heterocycles. The van der Waals surface area contributed by atoms with E-state index in [4.69, 9.17) is 15.6 Å². The van der Waals surface area contributed by atoms with Gasteiger partial charge in [0.1, 0.15) is 5.75 Å². The Labute approximate surface area is 111 Å². The van der Waals surface area contributed by atoms with Crippen LogP contribution in [0.1, 0.15) is 10.4 Å². The smallest absolute Gasteiger partial charge is 0.337 e. The van der Waals surface area contributed by atoms with Crippen molar-refractivity contribution in [1.82, 2.24) is 4.98 Å². The number of carboxylic acids is 1. The van der Waals surface area contributed by atoms with Crippen LogP contribution in [0.15, 0.2) is 41.1 Å². The fourth-order valence-electron chi connectivity index (χ4n) is 1.39. The molecule has 2 rings (SSSR count). The number of nitrogen functional groups attached to an aromatic ring is 1. The largest absolute Gasteiger partial charge is 0.478 e. The maximum Gasteiger partial charge on any atom is 0.337 e. The Kier molecular flexibility index (Phi) is 3.47. The predicted octanol–water partition coefficient (Wildman–Crippen LogP) is 2.92. The molecule has 3 N–H and O–H groups in total. The van der Waals surface area contributed by atoms with E-state index in [1.165, 1.54) is 12.3 Å². The second-order valence-corrected chi connectivity index (χ2v) is 4.38. The summed E-state index contributed by atoms with van der Waals surface area (Å²) < 4.78 is 6.26. The van der Waals surface area contributed by atoms with E-state index in [0.29, 0.717) is 5.75 Å². The van der Waals surface area contributed by atoms with E-state index in [0.717, 1.165) is 4.47 Å². The number of aromatic carboxylic acids is 1. The molecule has 0 spiro atoms. The first-order valence-corrected chi connectivity index (χ1v) is 5.77. The zero-order chi connectivity index (χ0) is 13.1. The highest BCUT2D eigenvalue weighted by Crippen LogP contribution is 2.30. The van der Waals surface area contributed by atoms with E-state index in [-0.39, 0.29) is 17.0 Å². The molecule has 0 atom stereocenters. The number of pyridine rings is 1. The van der Waals surface area contributed by atoms with E-state index in [1.807, 2.05) is 0 Å². The van der Waals surface area contributed by atoms with Gasteiger partial charge in [0.25, 0.3) is 0 Å². The number of rotatable bonds is 3. The first-order valence-electron chi connectivity index (χ1n) is 4.98. The molecule has 0 fully saturated rings. The third-order valence-corrected chi connectivity index (χ3v) is 2.64. The number of nitrogens with zero attached hydrogens (tertiary/aromatic N) is 1. The van der Waals surface area contributed by atoms with Crippen LogP contribution in [0.25, 0.3) is 0 Å². The van der Waals surface area contributed by atoms with Gasteiger partial charge in [-0.1, -0.05) is 6.07 Å². The van der Waals surface area contributed by atoms with Gasteiger partial charge in [0.2, 0.25) is 0 Å². The number of hydrogen-bond acceptors (Lipinski definition) is 4. The maximum atomic E-state index is 10.9. The normalized spacial score (nSPS) is 10.1. The van der Waals surface area contributed by atoms with Gasteiger partial charge < -0.3 is 15.6 Å². The van der Waals surface area contributed by atoms with Gasteiger partial charge in [-0.2, -0.15) is 0 Å². The highest BCUT2D eigenvalue weighted by atomic mass is 79.9. The van der Waals surface area contributed by atoms with Gasteiger partial charge in [-0.3, -0.25) is 4.98 Å². The molecule has 0 aliphatic carbocycles. The molecule has 18 heavy (non-hydrogen) atoms. The fourth-order valence-corrected chi connectivity index (χ4v) is 1.74. The second-order valence-electron chi connectivity index (χ2n) is 3.46. The van der Waals surface area contributed by atoms with Crippen molar-refractivity contribution < 1.29 is 14.6 Å². The van der Waals surface area contributed by atoms with E-state index in [2.05, 4.69) is 20.9 Å². The molecule has 1 aromatic carbocycles. The average molecular weight is 309 g/mol. The minimum Gasteiger partial charge on any atom is -0.478 e. The zero-order valence-electron chi connectivity index (χ0n) is 9.13. The number of carboxylic acid groups (broad SMARTS) is 1. The number of nitrogens with two attached hydrogens (primary N) is 1. The Bertz CT molecular complexity index is 602. The highest BCUT2D eigenvalue weighted by molar-refractivity contribution is 9.10. The summed E-state index contributed by atoms with van der Waals surface area (Å²) >= 11 is 3.26. The van der Waals surface area contributed by atoms with E-state index >= 15 is 0 Å². The second kappa shape index (κ2) is 5.05. The van der Waals surface area contributed by atoms with Crippen molar-refractivity contribution in [2.24, 2.45) is 0 Å². The molecule has 1 heterocycles. The highest BCUT2D eigenvalue weighted by Gasteiger charge is 2.12. The topological polar surface area (TPSA) is 85.4 Å². The predicted molar refractivity (Wildman–Crippen MR) is 69.8 cm³/mol. The monoisotopic (exact) mass is 308 g/mol. The van der Waals surface area contributed by atoms with Gasteiger partial charge in [0.05, 0.1) is 17.4 Å². The molecule has 0 saturated carbocycles. The summed E-state index contributed by atoms with van der Waals surface area (Å²) in [5.41, 5.74) is 5.83. The lowest BCUT2D eigenvalue weighted by Crippen LogP contribution is -2.03. The number of para-hydroxylation sites is 1. The van der Waals surface area contributed by atoms with Crippen LogP contribution in [0.5, 0.6) is 11.5 Å². The maximum absolute atomic E-state index is 10.9. The Balaban J connectivity index is 2.35. The summed E-state index contributed by atoms with van der Waals surface area (Å²) in [5.74, 6) is -0.335. The Morgan fingerprint density at radius 3 is 2.83 bits per heavy atom. The number of halogens is 1. The molecule has 6 heteroatoms. The van der Waals surface area contributed by atoms with Crippen LogP contribution in [0, 0.1) is 0 Å². The van der Waals surface area contributed by atoms with Crippen LogP contribution in [-0.2, 0) is 0 Å². The average Bonchev–Trinajstić information content (AvgIpc) is 2.31. The number of benzene rings is 1. The van der Waals surface area contributed by atoms with Crippen molar-refractivity contribution in [3.8, 4) is 11.5 Å². The summed E-state index contributed by atoms with van der Waals surface area (Å²) in [6.07, 6.45) is 3.13. The van der Waals surface area contributed by atoms with Crippen molar-refractivity contribution >= 4 is 27.6 Å². The summed E-state index contributed by atoms with van der Waals surface area (Å²) in [6.45, 7) is 0. The van der Waals surface area contributed by atoms with Crippen LogP contribution in [0.2, 0.25) is 0 Å². The summed E-state index contributed by atoms with van der Waals surface area (Å²) in [7, 11) is 0. The minimum atomic E-state index is -1.09. The quantitative estimate of drug-likeness (QED) is 0.851. The van der Waals surface area contributed by atoms with Crippen LogP contribution >= 0.6 is 15.9 Å². The molecule has 0 saturated heterocycles. The number of carbonyl (C=O) groups is 1. The third kappa shape index (κ3) is 2.60. The van der Waals surface area contributed by atoms with E-state index in [9.17, 15) is 4.79 Å². The van der Waals surface area contributed by atoms with Crippen molar-refractivity contribution in [2.45, 2.75) is 0 Å². The lowest BCUT2D eigenvalue weighted by atomic mass is 10.1. The number of anilines is 1. The van der Waals surface area contributed by atoms with Crippen LogP contribution in [-0.4, -0.2) is 16.1 Å². The summed E-state index contributed by atoms with van der Waals surface area (Å²) in [6, 6.07) is 6.30. The van der Waals surface area contributed by atoms with Gasteiger partial charge in [-0.15, -0.1) is 0 Å². The standard InChI is InChI=1S/C12H9BrN2O3/c13-7-4-8(6-15-5-7)18-10-3-1-2-9(11(10)14)12(16)17/h1-6H,14H2,(H,16,17). The number of ether oxygens (including phenoxy) is 1. The molecule has 0 radical (unpaired) electrons. The lowest BCUT2D eigenvalue weighted by molar-refractivity contribution is 0.0697. The van der Waals surface area contributed by atoms with E-state index in [1.54, 1.807) is 24.4 Å². The minimum absolute atomic E-state index is 0.00968. The Hall–Kier alpha value is -2.08. The van der Waals surface area contributed by atoms with Crippen molar-refractivity contribution in [3.63, 3.8) is 0 Å². The van der Waals surface area contributed by atoms with Crippen molar-refractivity contribution in [1.29, 1.82) is 0 Å². The molecule has 0 aliphatic rings. The molecule has 0 bridgehead atoms. The molecule has 5 nitrogen and oxygen atoms in total. The molecule has 1 aromatic heterocycles. The molecular weight excluding hydrogens is 300 g/mol. The molecular formula is C12H9BrN2O3. The van der Waals surface area contributed by atoms with Crippen LogP contribution < -0.4 is 10.5 Å². The lowest BCUT2D eigenvalue weighted by Gasteiger charge is -2.09. The SMILES string of the molecule is Nc1c(Oc2cncc(Br)c2)cccc1C(=O)O. The Morgan fingerprint density at radius 2 is 2.17 bits per heavy atom. The van der Waals surface area contributed by atoms with Crippen LogP contribution in [0.3, 0.4) is 0 Å². The summed E-state index contributed by atoms with van der Waals surface area (Å²) in [4.78, 5) is 14.9. The first-order chi connectivity index (χ1) is 8.58. The van der Waals surface area contributed by atoms with E-state index < -0.39 is 5.97 Å². The van der Waals surface area contributed by atoms with Gasteiger partial charge in [0.15, 0.2) is 5.75 Å². The molecule has 0 amide bonds. The van der Waals surface area contributed by atoms with Crippen LogP contribution in [0.4, 0.5) is 5.69 Å². The molecule has 92 valence electrons. The van der Waals surface area contributed by atoms with Gasteiger partial charge in [-0.25, -0.2) is 4.79 Å². The number of hydrogen-bond donors (Lipinski definition) is 2.